The largest absolute Gasteiger partial charge is 0.493 e. The Bertz CT molecular complexity index is 1150. The summed E-state index contributed by atoms with van der Waals surface area (Å²) in [5, 5.41) is 0. The smallest absolute Gasteiger partial charge is 0.211 e. The van der Waals surface area contributed by atoms with Crippen LogP contribution >= 0.6 is 0 Å². The van der Waals surface area contributed by atoms with Gasteiger partial charge in [-0.25, -0.2) is 0 Å². The first-order chi connectivity index (χ1) is 15.6. The van der Waals surface area contributed by atoms with Crippen molar-refractivity contribution in [1.29, 1.82) is 0 Å². The predicted molar refractivity (Wildman–Crippen MR) is 123 cm³/mol. The SMILES string of the molecule is COc1ccc(C(=O)C2=NCCc3cc(OCc4ccccc4)c(OC)cc32)cc1OC. The average Bonchev–Trinajstić information content (AvgIpc) is 2.86. The number of aliphatic imine (C=N–C) groups is 1. The lowest BCUT2D eigenvalue weighted by atomic mass is 9.92. The average molecular weight is 431 g/mol. The lowest BCUT2D eigenvalue weighted by molar-refractivity contribution is 0.106. The van der Waals surface area contributed by atoms with Crippen LogP contribution in [-0.2, 0) is 13.0 Å². The number of hydrogen-bond donors (Lipinski definition) is 0. The van der Waals surface area contributed by atoms with Crippen LogP contribution in [0.25, 0.3) is 0 Å². The molecule has 0 saturated carbocycles. The van der Waals surface area contributed by atoms with Crippen molar-refractivity contribution < 1.29 is 23.7 Å². The first kappa shape index (κ1) is 21.4. The van der Waals surface area contributed by atoms with Gasteiger partial charge < -0.3 is 18.9 Å². The van der Waals surface area contributed by atoms with Gasteiger partial charge in [-0.2, -0.15) is 0 Å². The van der Waals surface area contributed by atoms with Crippen molar-refractivity contribution in [2.24, 2.45) is 4.99 Å². The van der Waals surface area contributed by atoms with E-state index in [-0.39, 0.29) is 5.78 Å². The molecule has 1 aliphatic heterocycles. The van der Waals surface area contributed by atoms with Crippen molar-refractivity contribution in [2.45, 2.75) is 13.0 Å². The van der Waals surface area contributed by atoms with E-state index in [9.17, 15) is 4.79 Å². The highest BCUT2D eigenvalue weighted by molar-refractivity contribution is 6.52. The van der Waals surface area contributed by atoms with Gasteiger partial charge in [0.05, 0.1) is 21.3 Å². The molecule has 0 fully saturated rings. The molecule has 32 heavy (non-hydrogen) atoms. The topological polar surface area (TPSA) is 66.4 Å². The van der Waals surface area contributed by atoms with Gasteiger partial charge in [-0.3, -0.25) is 9.79 Å². The van der Waals surface area contributed by atoms with Crippen LogP contribution in [0, 0.1) is 0 Å². The molecule has 0 bridgehead atoms. The molecule has 0 radical (unpaired) electrons. The van der Waals surface area contributed by atoms with Crippen LogP contribution in [0.5, 0.6) is 23.0 Å². The molecule has 0 aromatic heterocycles. The van der Waals surface area contributed by atoms with E-state index in [1.54, 1.807) is 39.5 Å². The highest BCUT2D eigenvalue weighted by atomic mass is 16.5. The summed E-state index contributed by atoms with van der Waals surface area (Å²) in [6.07, 6.45) is 0.726. The van der Waals surface area contributed by atoms with E-state index in [4.69, 9.17) is 18.9 Å². The minimum atomic E-state index is -0.174. The molecule has 0 atom stereocenters. The number of rotatable bonds is 8. The monoisotopic (exact) mass is 431 g/mol. The van der Waals surface area contributed by atoms with Crippen LogP contribution in [0.1, 0.15) is 27.0 Å². The molecule has 6 heteroatoms. The van der Waals surface area contributed by atoms with Crippen LogP contribution in [0.2, 0.25) is 0 Å². The fourth-order valence-corrected chi connectivity index (χ4v) is 3.72. The molecular weight excluding hydrogens is 406 g/mol. The van der Waals surface area contributed by atoms with E-state index in [0.717, 1.165) is 23.1 Å². The third-order valence-electron chi connectivity index (χ3n) is 5.39. The van der Waals surface area contributed by atoms with Gasteiger partial charge in [0.1, 0.15) is 12.3 Å². The predicted octanol–water partition coefficient (Wildman–Crippen LogP) is 4.52. The highest BCUT2D eigenvalue weighted by Crippen LogP contribution is 2.35. The van der Waals surface area contributed by atoms with Crippen LogP contribution in [0.4, 0.5) is 0 Å². The number of ether oxygens (including phenoxy) is 4. The summed E-state index contributed by atoms with van der Waals surface area (Å²) in [4.78, 5) is 17.9. The van der Waals surface area contributed by atoms with Crippen LogP contribution < -0.4 is 18.9 Å². The summed E-state index contributed by atoms with van der Waals surface area (Å²) in [5.74, 6) is 2.10. The fraction of sp³-hybridized carbons (Fsp3) is 0.231. The maximum Gasteiger partial charge on any atom is 0.211 e. The molecule has 3 aromatic carbocycles. The Hall–Kier alpha value is -3.80. The Kier molecular flexibility index (Phi) is 6.40. The van der Waals surface area contributed by atoms with Crippen LogP contribution in [0.15, 0.2) is 65.7 Å². The number of Topliss-reactive ketones (excluding diaryl/α,β-unsaturated/α-hetero) is 1. The van der Waals surface area contributed by atoms with Gasteiger partial charge in [0, 0.05) is 17.7 Å². The first-order valence-electron chi connectivity index (χ1n) is 10.3. The molecule has 0 aliphatic carbocycles. The van der Waals surface area contributed by atoms with Crippen molar-refractivity contribution in [2.75, 3.05) is 27.9 Å². The third-order valence-corrected chi connectivity index (χ3v) is 5.39. The molecule has 0 unspecified atom stereocenters. The van der Waals surface area contributed by atoms with E-state index in [0.29, 0.717) is 47.4 Å². The number of carbonyl (C=O) groups is 1. The Morgan fingerprint density at radius 1 is 0.844 bits per heavy atom. The second-order valence-corrected chi connectivity index (χ2v) is 7.31. The summed E-state index contributed by atoms with van der Waals surface area (Å²) in [6, 6.07) is 18.9. The van der Waals surface area contributed by atoms with Crippen molar-refractivity contribution in [3.8, 4) is 23.0 Å². The minimum Gasteiger partial charge on any atom is -0.493 e. The molecular formula is C26H25NO5. The van der Waals surface area contributed by atoms with E-state index >= 15 is 0 Å². The van der Waals surface area contributed by atoms with Gasteiger partial charge in [-0.1, -0.05) is 30.3 Å². The normalized spacial score (nSPS) is 12.4. The zero-order valence-electron chi connectivity index (χ0n) is 18.4. The molecule has 1 heterocycles. The highest BCUT2D eigenvalue weighted by Gasteiger charge is 2.25. The number of nitrogens with zero attached hydrogens (tertiary/aromatic N) is 1. The molecule has 164 valence electrons. The summed E-state index contributed by atoms with van der Waals surface area (Å²) >= 11 is 0. The fourth-order valence-electron chi connectivity index (χ4n) is 3.72. The molecule has 6 nitrogen and oxygen atoms in total. The number of ketones is 1. The van der Waals surface area contributed by atoms with Gasteiger partial charge in [-0.15, -0.1) is 0 Å². The standard InChI is InChI=1S/C26H25NO5/c1-29-21-10-9-19(14-22(21)30-2)26(28)25-20-15-23(31-3)24(13-18(20)11-12-27-25)32-16-17-7-5-4-6-8-17/h4-10,13-15H,11-12,16H2,1-3H3. The lowest BCUT2D eigenvalue weighted by Gasteiger charge is -2.20. The van der Waals surface area contributed by atoms with Gasteiger partial charge in [0.15, 0.2) is 23.0 Å². The molecule has 3 aromatic rings. The number of hydrogen-bond acceptors (Lipinski definition) is 6. The third kappa shape index (κ3) is 4.30. The van der Waals surface area contributed by atoms with Crippen molar-refractivity contribution in [1.82, 2.24) is 0 Å². The number of benzene rings is 3. The van der Waals surface area contributed by atoms with Gasteiger partial charge in [0.25, 0.3) is 0 Å². The second-order valence-electron chi connectivity index (χ2n) is 7.31. The Morgan fingerprint density at radius 2 is 1.56 bits per heavy atom. The maximum atomic E-state index is 13.3. The summed E-state index contributed by atoms with van der Waals surface area (Å²) in [6.45, 7) is 0.966. The lowest BCUT2D eigenvalue weighted by Crippen LogP contribution is -2.22. The number of fused-ring (bicyclic) bond motifs is 1. The van der Waals surface area contributed by atoms with Gasteiger partial charge in [0.2, 0.25) is 5.78 Å². The molecule has 0 amide bonds. The van der Waals surface area contributed by atoms with E-state index in [1.165, 1.54) is 0 Å². The molecule has 0 N–H and O–H groups in total. The summed E-state index contributed by atoms with van der Waals surface area (Å²) in [5.41, 5.74) is 3.73. The molecule has 0 saturated heterocycles. The van der Waals surface area contributed by atoms with Crippen LogP contribution in [-0.4, -0.2) is 39.4 Å². The quantitative estimate of drug-likeness (QED) is 0.491. The van der Waals surface area contributed by atoms with Crippen LogP contribution in [0.3, 0.4) is 0 Å². The minimum absolute atomic E-state index is 0.174. The Morgan fingerprint density at radius 3 is 2.28 bits per heavy atom. The zero-order chi connectivity index (χ0) is 22.5. The Balaban J connectivity index is 1.64. The van der Waals surface area contributed by atoms with Crippen molar-refractivity contribution in [3.63, 3.8) is 0 Å². The second kappa shape index (κ2) is 9.56. The van der Waals surface area contributed by atoms with Crippen molar-refractivity contribution >= 4 is 11.5 Å². The summed E-state index contributed by atoms with van der Waals surface area (Å²) in [7, 11) is 4.69. The van der Waals surface area contributed by atoms with Crippen molar-refractivity contribution in [3.05, 3.63) is 82.9 Å². The molecule has 1 aliphatic rings. The first-order valence-corrected chi connectivity index (χ1v) is 10.3. The zero-order valence-corrected chi connectivity index (χ0v) is 18.4. The summed E-state index contributed by atoms with van der Waals surface area (Å²) < 4.78 is 22.2. The molecule has 0 spiro atoms. The number of methoxy groups -OCH3 is 3. The van der Waals surface area contributed by atoms with E-state index in [2.05, 4.69) is 4.99 Å². The number of carbonyl (C=O) groups excluding carboxylic acids is 1. The van der Waals surface area contributed by atoms with Gasteiger partial charge >= 0.3 is 0 Å². The van der Waals surface area contributed by atoms with Gasteiger partial charge in [-0.05, 0) is 47.9 Å². The Labute approximate surface area is 187 Å². The van der Waals surface area contributed by atoms with E-state index < -0.39 is 0 Å². The maximum absolute atomic E-state index is 13.3. The van der Waals surface area contributed by atoms with E-state index in [1.807, 2.05) is 42.5 Å². The molecule has 4 rings (SSSR count).